The average Bonchev–Trinajstić information content (AvgIpc) is 2.28. The molecule has 4 heteroatoms. The Morgan fingerprint density at radius 2 is 1.40 bits per heavy atom. The molecule has 2 atom stereocenters. The molecule has 2 nitrogen and oxygen atoms in total. The molecule has 0 aromatic heterocycles. The van der Waals surface area contributed by atoms with Crippen molar-refractivity contribution in [3.63, 3.8) is 0 Å². The summed E-state index contributed by atoms with van der Waals surface area (Å²) in [5.41, 5.74) is 0. The van der Waals surface area contributed by atoms with Crippen LogP contribution in [0.3, 0.4) is 0 Å². The van der Waals surface area contributed by atoms with Crippen molar-refractivity contribution in [3.05, 3.63) is 0 Å². The van der Waals surface area contributed by atoms with E-state index in [1.54, 1.807) is 0 Å². The minimum Gasteiger partial charge on any atom is -0.355 e. The maximum absolute atomic E-state index is 5.91. The predicted octanol–water partition coefficient (Wildman–Crippen LogP) is 2.72. The standard InChI is InChI=1S/C11H25ClO2Si/c1-5-9(3)7-13-11(15-12)14-8-10(4)6-2/h9-11H,5-8,15H2,1-4H3. The van der Waals surface area contributed by atoms with Gasteiger partial charge < -0.3 is 9.47 Å². The largest absolute Gasteiger partial charge is 0.355 e. The van der Waals surface area contributed by atoms with Crippen molar-refractivity contribution in [3.8, 4) is 0 Å². The van der Waals surface area contributed by atoms with Gasteiger partial charge in [-0.15, -0.1) is 0 Å². The number of rotatable bonds is 9. The second-order valence-electron chi connectivity index (χ2n) is 4.28. The van der Waals surface area contributed by atoms with E-state index in [-0.39, 0.29) is 5.91 Å². The first-order chi connectivity index (χ1) is 7.13. The number of hydrogen-bond donors (Lipinski definition) is 0. The highest BCUT2D eigenvalue weighted by Crippen LogP contribution is 2.07. The molecule has 0 aliphatic rings. The zero-order valence-corrected chi connectivity index (χ0v) is 12.6. The smallest absolute Gasteiger partial charge is 0.189 e. The van der Waals surface area contributed by atoms with E-state index in [0.717, 1.165) is 26.1 Å². The fourth-order valence-corrected chi connectivity index (χ4v) is 1.90. The number of hydrogen-bond acceptors (Lipinski definition) is 2. The topological polar surface area (TPSA) is 18.5 Å². The van der Waals surface area contributed by atoms with Crippen LogP contribution in [0.1, 0.15) is 40.5 Å². The second-order valence-corrected chi connectivity index (χ2v) is 6.18. The van der Waals surface area contributed by atoms with Crippen LogP contribution in [0.25, 0.3) is 0 Å². The Kier molecular flexibility index (Phi) is 9.91. The van der Waals surface area contributed by atoms with Gasteiger partial charge in [0.1, 0.15) is 0 Å². The lowest BCUT2D eigenvalue weighted by Gasteiger charge is -2.20. The summed E-state index contributed by atoms with van der Waals surface area (Å²) in [5.74, 6) is 1.09. The van der Waals surface area contributed by atoms with Gasteiger partial charge in [-0.25, -0.2) is 0 Å². The van der Waals surface area contributed by atoms with Crippen LogP contribution in [-0.2, 0) is 9.47 Å². The Hall–Kier alpha value is 0.427. The minimum absolute atomic E-state index is 0.102. The van der Waals surface area contributed by atoms with Gasteiger partial charge in [-0.1, -0.05) is 40.5 Å². The van der Waals surface area contributed by atoms with Crippen LogP contribution >= 0.6 is 11.1 Å². The van der Waals surface area contributed by atoms with Gasteiger partial charge in [0.25, 0.3) is 0 Å². The maximum atomic E-state index is 5.91. The summed E-state index contributed by atoms with van der Waals surface area (Å²) >= 11 is 5.91. The van der Waals surface area contributed by atoms with Crippen molar-refractivity contribution in [2.75, 3.05) is 13.2 Å². The summed E-state index contributed by atoms with van der Waals surface area (Å²) in [7, 11) is -0.745. The molecule has 0 rings (SSSR count). The molecule has 15 heavy (non-hydrogen) atoms. The van der Waals surface area contributed by atoms with Gasteiger partial charge >= 0.3 is 0 Å². The molecule has 0 saturated carbocycles. The number of ether oxygens (including phenoxy) is 2. The van der Waals surface area contributed by atoms with Crippen molar-refractivity contribution in [1.82, 2.24) is 0 Å². The van der Waals surface area contributed by atoms with Gasteiger partial charge in [-0.2, -0.15) is 11.1 Å². The Morgan fingerprint density at radius 3 is 1.67 bits per heavy atom. The van der Waals surface area contributed by atoms with Gasteiger partial charge in [0, 0.05) is 0 Å². The van der Waals surface area contributed by atoms with Gasteiger partial charge in [0.05, 0.1) is 13.2 Å². The first-order valence-corrected chi connectivity index (χ1v) is 8.88. The summed E-state index contributed by atoms with van der Waals surface area (Å²) < 4.78 is 11.3. The molecule has 0 amide bonds. The molecule has 92 valence electrons. The van der Waals surface area contributed by atoms with E-state index in [1.807, 2.05) is 0 Å². The molecule has 0 saturated heterocycles. The molecule has 0 radical (unpaired) electrons. The zero-order chi connectivity index (χ0) is 11.7. The zero-order valence-electron chi connectivity index (χ0n) is 10.5. The second kappa shape index (κ2) is 9.64. The lowest BCUT2D eigenvalue weighted by molar-refractivity contribution is -0.105. The van der Waals surface area contributed by atoms with Gasteiger partial charge in [-0.05, 0) is 11.8 Å². The van der Waals surface area contributed by atoms with E-state index in [4.69, 9.17) is 20.6 Å². The summed E-state index contributed by atoms with van der Waals surface area (Å²) in [4.78, 5) is 0. The number of halogens is 1. The fraction of sp³-hybridized carbons (Fsp3) is 1.00. The van der Waals surface area contributed by atoms with Crippen molar-refractivity contribution in [1.29, 1.82) is 0 Å². The molecule has 0 heterocycles. The van der Waals surface area contributed by atoms with E-state index >= 15 is 0 Å². The highest BCUT2D eigenvalue weighted by Gasteiger charge is 2.11. The molecule has 0 bridgehead atoms. The Morgan fingerprint density at radius 1 is 1.00 bits per heavy atom. The van der Waals surface area contributed by atoms with Crippen LogP contribution in [0.4, 0.5) is 0 Å². The predicted molar refractivity (Wildman–Crippen MR) is 69.0 cm³/mol. The highest BCUT2D eigenvalue weighted by atomic mass is 35.6. The quantitative estimate of drug-likeness (QED) is 0.357. The summed E-state index contributed by atoms with van der Waals surface area (Å²) in [5, 5.41) is 0. The van der Waals surface area contributed by atoms with Crippen LogP contribution in [0.5, 0.6) is 0 Å². The Balaban J connectivity index is 3.63. The first-order valence-electron chi connectivity index (χ1n) is 5.93. The fourth-order valence-electron chi connectivity index (χ4n) is 0.916. The van der Waals surface area contributed by atoms with E-state index in [9.17, 15) is 0 Å². The third kappa shape index (κ3) is 8.26. The van der Waals surface area contributed by atoms with Crippen LogP contribution in [0, 0.1) is 11.8 Å². The van der Waals surface area contributed by atoms with Gasteiger partial charge in [0.2, 0.25) is 0 Å². The highest BCUT2D eigenvalue weighted by molar-refractivity contribution is 6.94. The molecular weight excluding hydrogens is 228 g/mol. The van der Waals surface area contributed by atoms with E-state index in [2.05, 4.69) is 27.7 Å². The van der Waals surface area contributed by atoms with Crippen molar-refractivity contribution in [2.24, 2.45) is 11.8 Å². The van der Waals surface area contributed by atoms with Crippen LogP contribution in [-0.4, -0.2) is 28.0 Å². The average molecular weight is 253 g/mol. The lowest BCUT2D eigenvalue weighted by atomic mass is 10.1. The van der Waals surface area contributed by atoms with Crippen molar-refractivity contribution < 1.29 is 9.47 Å². The molecule has 0 aromatic rings. The van der Waals surface area contributed by atoms with Crippen molar-refractivity contribution in [2.45, 2.75) is 46.4 Å². The molecule has 0 aromatic carbocycles. The summed E-state index contributed by atoms with van der Waals surface area (Å²) in [6, 6.07) is 0. The van der Waals surface area contributed by atoms with Crippen LogP contribution < -0.4 is 0 Å². The van der Waals surface area contributed by atoms with Crippen molar-refractivity contribution >= 4 is 19.9 Å². The van der Waals surface area contributed by atoms with Gasteiger partial charge in [-0.3, -0.25) is 0 Å². The molecule has 0 aliphatic carbocycles. The van der Waals surface area contributed by atoms with Gasteiger partial charge in [0.15, 0.2) is 14.7 Å². The maximum Gasteiger partial charge on any atom is 0.189 e. The third-order valence-corrected chi connectivity index (χ3v) is 4.13. The minimum atomic E-state index is -0.745. The molecule has 2 unspecified atom stereocenters. The van der Waals surface area contributed by atoms with Crippen LogP contribution in [0.2, 0.25) is 0 Å². The van der Waals surface area contributed by atoms with E-state index in [0.29, 0.717) is 11.8 Å². The molecule has 0 spiro atoms. The van der Waals surface area contributed by atoms with E-state index in [1.165, 1.54) is 0 Å². The summed E-state index contributed by atoms with van der Waals surface area (Å²) in [6.07, 6.45) is 2.28. The Bertz CT molecular complexity index is 133. The lowest BCUT2D eigenvalue weighted by Crippen LogP contribution is -2.26. The Labute approximate surface area is 101 Å². The summed E-state index contributed by atoms with van der Waals surface area (Å²) in [6.45, 7) is 10.2. The molecule has 0 fully saturated rings. The first kappa shape index (κ1) is 15.4. The molecular formula is C11H25ClO2Si. The third-order valence-electron chi connectivity index (χ3n) is 2.65. The molecule has 0 N–H and O–H groups in total. The SMILES string of the molecule is CCC(C)COC(OCC(C)CC)[SiH2]Cl. The normalized spacial score (nSPS) is 18.2. The monoisotopic (exact) mass is 252 g/mol. The molecule has 0 aliphatic heterocycles. The van der Waals surface area contributed by atoms with Crippen LogP contribution in [0.15, 0.2) is 0 Å². The van der Waals surface area contributed by atoms with E-state index < -0.39 is 8.83 Å².